The highest BCUT2D eigenvalue weighted by molar-refractivity contribution is 6.21. The number of nitrogens with zero attached hydrogens (tertiary/aromatic N) is 1. The fourth-order valence-electron chi connectivity index (χ4n) is 3.13. The second kappa shape index (κ2) is 8.24. The zero-order valence-electron chi connectivity index (χ0n) is 16.3. The normalized spacial score (nSPS) is 12.8. The van der Waals surface area contributed by atoms with Gasteiger partial charge in [0.15, 0.2) is 0 Å². The van der Waals surface area contributed by atoms with Gasteiger partial charge in [-0.15, -0.1) is 0 Å². The van der Waals surface area contributed by atoms with Crippen molar-refractivity contribution in [3.8, 4) is 5.75 Å². The topological polar surface area (TPSA) is 86.1 Å². The van der Waals surface area contributed by atoms with Crippen molar-refractivity contribution in [2.75, 3.05) is 13.2 Å². The second-order valence-corrected chi connectivity index (χ2v) is 6.83. The van der Waals surface area contributed by atoms with E-state index in [0.29, 0.717) is 11.5 Å². The largest absolute Gasteiger partial charge is 0.490 e. The minimum absolute atomic E-state index is 0.0372. The van der Waals surface area contributed by atoms with Crippen LogP contribution in [0, 0.1) is 6.92 Å². The summed E-state index contributed by atoms with van der Waals surface area (Å²) in [4.78, 5) is 38.6. The van der Waals surface area contributed by atoms with Gasteiger partial charge < -0.3 is 13.9 Å². The Morgan fingerprint density at radius 1 is 0.967 bits per heavy atom. The lowest BCUT2D eigenvalue weighted by Crippen LogP contribution is -2.28. The van der Waals surface area contributed by atoms with Crippen molar-refractivity contribution in [1.82, 2.24) is 4.90 Å². The Balaban J connectivity index is 1.36. The number of carbonyl (C=O) groups excluding carboxylic acids is 3. The third-order valence-electron chi connectivity index (χ3n) is 4.71. The van der Waals surface area contributed by atoms with Crippen LogP contribution < -0.4 is 4.74 Å². The molecule has 0 radical (unpaired) electrons. The van der Waals surface area contributed by atoms with Gasteiger partial charge >= 0.3 is 5.97 Å². The minimum atomic E-state index is -0.588. The predicted octanol–water partition coefficient (Wildman–Crippen LogP) is 3.62. The Kier molecular flexibility index (Phi) is 5.34. The molecule has 0 N–H and O–H groups in total. The predicted molar refractivity (Wildman–Crippen MR) is 106 cm³/mol. The van der Waals surface area contributed by atoms with Crippen LogP contribution in [0.2, 0.25) is 0 Å². The van der Waals surface area contributed by atoms with Crippen molar-refractivity contribution in [1.29, 1.82) is 0 Å². The van der Waals surface area contributed by atoms with Gasteiger partial charge in [0.1, 0.15) is 24.7 Å². The van der Waals surface area contributed by atoms with E-state index < -0.39 is 17.8 Å². The van der Waals surface area contributed by atoms with Gasteiger partial charge in [-0.25, -0.2) is 4.79 Å². The van der Waals surface area contributed by atoms with Crippen LogP contribution in [-0.2, 0) is 11.3 Å². The van der Waals surface area contributed by atoms with E-state index in [9.17, 15) is 14.4 Å². The van der Waals surface area contributed by atoms with E-state index in [0.717, 1.165) is 10.5 Å². The van der Waals surface area contributed by atoms with Crippen molar-refractivity contribution in [3.63, 3.8) is 0 Å². The number of furan rings is 1. The molecule has 2 heterocycles. The molecule has 1 aromatic heterocycles. The molecule has 3 aromatic rings. The van der Waals surface area contributed by atoms with Crippen molar-refractivity contribution in [2.45, 2.75) is 13.5 Å². The van der Waals surface area contributed by atoms with Crippen LogP contribution in [-0.4, -0.2) is 35.9 Å². The summed E-state index contributed by atoms with van der Waals surface area (Å²) in [7, 11) is 0. The molecule has 0 saturated carbocycles. The van der Waals surface area contributed by atoms with Crippen LogP contribution in [0.15, 0.2) is 65.3 Å². The van der Waals surface area contributed by atoms with Gasteiger partial charge in [-0.05, 0) is 49.4 Å². The van der Waals surface area contributed by atoms with E-state index in [1.54, 1.807) is 12.1 Å². The molecule has 0 unspecified atom stereocenters. The molecule has 0 saturated heterocycles. The van der Waals surface area contributed by atoms with Gasteiger partial charge in [-0.2, -0.15) is 0 Å². The molecule has 0 atom stereocenters. The van der Waals surface area contributed by atoms with Crippen molar-refractivity contribution in [2.24, 2.45) is 0 Å². The van der Waals surface area contributed by atoms with Gasteiger partial charge in [0, 0.05) is 0 Å². The summed E-state index contributed by atoms with van der Waals surface area (Å²) in [6.45, 7) is 2.28. The first-order valence-corrected chi connectivity index (χ1v) is 9.42. The zero-order valence-corrected chi connectivity index (χ0v) is 16.3. The maximum atomic E-state index is 12.6. The number of ether oxygens (including phenoxy) is 2. The third-order valence-corrected chi connectivity index (χ3v) is 4.71. The molecular weight excluding hydrogens is 386 g/mol. The monoisotopic (exact) mass is 405 g/mol. The Bertz CT molecular complexity index is 1090. The molecule has 0 fully saturated rings. The smallest absolute Gasteiger partial charge is 0.338 e. The summed E-state index contributed by atoms with van der Waals surface area (Å²) in [5.74, 6) is -0.288. The number of imide groups is 1. The minimum Gasteiger partial charge on any atom is -0.490 e. The number of rotatable bonds is 7. The lowest BCUT2D eigenvalue weighted by atomic mass is 10.1. The van der Waals surface area contributed by atoms with Crippen molar-refractivity contribution >= 4 is 17.8 Å². The molecule has 152 valence electrons. The van der Waals surface area contributed by atoms with Gasteiger partial charge in [0.05, 0.1) is 29.5 Å². The number of amides is 2. The number of carbonyl (C=O) groups is 3. The first kappa shape index (κ1) is 19.4. The number of esters is 1. The molecule has 1 aliphatic rings. The number of hydrogen-bond donors (Lipinski definition) is 0. The third kappa shape index (κ3) is 3.96. The van der Waals surface area contributed by atoms with Gasteiger partial charge in [-0.1, -0.05) is 17.7 Å². The maximum Gasteiger partial charge on any atom is 0.338 e. The standard InChI is InChI=1S/C23H19NO6/c1-15-4-7-17(8-5-15)29-11-12-30-23(27)16-6-9-19-20(13-16)22(26)24(21(19)25)14-18-3-2-10-28-18/h2-10,13H,11-12,14H2,1H3. The molecule has 0 bridgehead atoms. The van der Waals surface area contributed by atoms with Crippen LogP contribution in [0.3, 0.4) is 0 Å². The highest BCUT2D eigenvalue weighted by Gasteiger charge is 2.36. The van der Waals surface area contributed by atoms with Gasteiger partial charge in [0.25, 0.3) is 11.8 Å². The molecule has 2 aromatic carbocycles. The highest BCUT2D eigenvalue weighted by Crippen LogP contribution is 2.26. The Morgan fingerprint density at radius 2 is 1.73 bits per heavy atom. The highest BCUT2D eigenvalue weighted by atomic mass is 16.6. The summed E-state index contributed by atoms with van der Waals surface area (Å²) in [6.07, 6.45) is 1.48. The van der Waals surface area contributed by atoms with Crippen molar-refractivity contribution < 1.29 is 28.3 Å². The fraction of sp³-hybridized carbons (Fsp3) is 0.174. The Labute approximate surface area is 172 Å². The molecule has 4 rings (SSSR count). The summed E-state index contributed by atoms with van der Waals surface area (Å²) < 4.78 is 16.0. The summed E-state index contributed by atoms with van der Waals surface area (Å²) >= 11 is 0. The molecule has 0 spiro atoms. The van der Waals surface area contributed by atoms with Crippen LogP contribution in [0.1, 0.15) is 42.4 Å². The van der Waals surface area contributed by atoms with E-state index in [2.05, 4.69) is 0 Å². The molecule has 0 aliphatic carbocycles. The van der Waals surface area contributed by atoms with E-state index in [-0.39, 0.29) is 36.4 Å². The SMILES string of the molecule is Cc1ccc(OCCOC(=O)c2ccc3c(c2)C(=O)N(Cc2ccco2)C3=O)cc1. The number of aryl methyl sites for hydroxylation is 1. The Morgan fingerprint density at radius 3 is 2.47 bits per heavy atom. The summed E-state index contributed by atoms with van der Waals surface area (Å²) in [5.41, 5.74) is 1.76. The molecule has 30 heavy (non-hydrogen) atoms. The first-order chi connectivity index (χ1) is 14.5. The van der Waals surface area contributed by atoms with Gasteiger partial charge in [0.2, 0.25) is 0 Å². The van der Waals surface area contributed by atoms with E-state index >= 15 is 0 Å². The van der Waals surface area contributed by atoms with E-state index in [4.69, 9.17) is 13.9 Å². The van der Waals surface area contributed by atoms with Gasteiger partial charge in [-0.3, -0.25) is 14.5 Å². The van der Waals surface area contributed by atoms with E-state index in [1.165, 1.54) is 24.5 Å². The second-order valence-electron chi connectivity index (χ2n) is 6.83. The van der Waals surface area contributed by atoms with E-state index in [1.807, 2.05) is 31.2 Å². The van der Waals surface area contributed by atoms with Crippen LogP contribution in [0.5, 0.6) is 5.75 Å². The lowest BCUT2D eigenvalue weighted by Gasteiger charge is -2.11. The first-order valence-electron chi connectivity index (χ1n) is 9.42. The lowest BCUT2D eigenvalue weighted by molar-refractivity contribution is 0.0450. The molecule has 1 aliphatic heterocycles. The Hall–Kier alpha value is -3.87. The number of hydrogen-bond acceptors (Lipinski definition) is 6. The average Bonchev–Trinajstić information content (AvgIpc) is 3.35. The quantitative estimate of drug-likeness (QED) is 0.339. The van der Waals surface area contributed by atoms with Crippen LogP contribution in [0.4, 0.5) is 0 Å². The fourth-order valence-corrected chi connectivity index (χ4v) is 3.13. The summed E-state index contributed by atoms with van der Waals surface area (Å²) in [6, 6.07) is 15.2. The number of benzene rings is 2. The number of fused-ring (bicyclic) bond motifs is 1. The zero-order chi connectivity index (χ0) is 21.1. The van der Waals surface area contributed by atoms with Crippen LogP contribution >= 0.6 is 0 Å². The molecule has 2 amide bonds. The molecule has 7 nitrogen and oxygen atoms in total. The molecular formula is C23H19NO6. The van der Waals surface area contributed by atoms with Crippen molar-refractivity contribution in [3.05, 3.63) is 88.9 Å². The average molecular weight is 405 g/mol. The van der Waals surface area contributed by atoms with Crippen LogP contribution in [0.25, 0.3) is 0 Å². The molecule has 7 heteroatoms. The summed E-state index contributed by atoms with van der Waals surface area (Å²) in [5, 5.41) is 0. The maximum absolute atomic E-state index is 12.6.